The zero-order valence-corrected chi connectivity index (χ0v) is 11.7. The molecule has 0 aromatic carbocycles. The van der Waals surface area contributed by atoms with Gasteiger partial charge in [0.25, 0.3) is 0 Å². The number of hydrogen-bond donors (Lipinski definition) is 1. The minimum absolute atomic E-state index is 0.224. The highest BCUT2D eigenvalue weighted by molar-refractivity contribution is 5.68. The fourth-order valence-electron chi connectivity index (χ4n) is 2.00. The van der Waals surface area contributed by atoms with Crippen molar-refractivity contribution in [2.45, 2.75) is 51.7 Å². The molecule has 1 aliphatic rings. The molecule has 1 aliphatic heterocycles. The van der Waals surface area contributed by atoms with Crippen molar-refractivity contribution in [3.8, 4) is 12.3 Å². The van der Waals surface area contributed by atoms with E-state index in [-0.39, 0.29) is 12.1 Å². The lowest BCUT2D eigenvalue weighted by atomic mass is 10.1. The Morgan fingerprint density at radius 1 is 1.44 bits per heavy atom. The first kappa shape index (κ1) is 14.8. The summed E-state index contributed by atoms with van der Waals surface area (Å²) in [7, 11) is 0. The standard InChI is InChI=1S/C14H24N2O2/c1-5-6-9-16-10-7-12(8-11-16)15-13(17)18-14(2,3)4/h1,12H,6-11H2,2-4H3,(H,15,17). The molecule has 1 heterocycles. The van der Waals surface area contributed by atoms with Gasteiger partial charge < -0.3 is 15.0 Å². The van der Waals surface area contributed by atoms with Crippen molar-refractivity contribution in [1.82, 2.24) is 10.2 Å². The summed E-state index contributed by atoms with van der Waals surface area (Å²) in [5.74, 6) is 2.65. The lowest BCUT2D eigenvalue weighted by molar-refractivity contribution is 0.0479. The summed E-state index contributed by atoms with van der Waals surface area (Å²) in [5.41, 5.74) is -0.433. The number of terminal acetylenes is 1. The predicted octanol–water partition coefficient (Wildman–Crippen LogP) is 2.00. The van der Waals surface area contributed by atoms with Gasteiger partial charge in [-0.05, 0) is 33.6 Å². The average Bonchev–Trinajstić information content (AvgIpc) is 2.25. The van der Waals surface area contributed by atoms with Crippen molar-refractivity contribution in [2.75, 3.05) is 19.6 Å². The molecule has 102 valence electrons. The van der Waals surface area contributed by atoms with Crippen molar-refractivity contribution in [2.24, 2.45) is 0 Å². The van der Waals surface area contributed by atoms with E-state index in [9.17, 15) is 4.79 Å². The first-order chi connectivity index (χ1) is 8.40. The summed E-state index contributed by atoms with van der Waals surface area (Å²) in [5, 5.41) is 2.92. The van der Waals surface area contributed by atoms with Gasteiger partial charge in [0.15, 0.2) is 0 Å². The average molecular weight is 252 g/mol. The molecule has 0 spiro atoms. The highest BCUT2D eigenvalue weighted by Crippen LogP contribution is 2.12. The molecular weight excluding hydrogens is 228 g/mol. The Morgan fingerprint density at radius 3 is 2.56 bits per heavy atom. The number of alkyl carbamates (subject to hydrolysis) is 1. The summed E-state index contributed by atoms with van der Waals surface area (Å²) in [4.78, 5) is 13.9. The monoisotopic (exact) mass is 252 g/mol. The minimum atomic E-state index is -0.433. The number of likely N-dealkylation sites (tertiary alicyclic amines) is 1. The van der Waals surface area contributed by atoms with Crippen LogP contribution in [0.1, 0.15) is 40.0 Å². The van der Waals surface area contributed by atoms with Gasteiger partial charge in [-0.25, -0.2) is 4.79 Å². The van der Waals surface area contributed by atoms with E-state index < -0.39 is 5.60 Å². The van der Waals surface area contributed by atoms with E-state index in [0.29, 0.717) is 0 Å². The van der Waals surface area contributed by atoms with Gasteiger partial charge in [0.05, 0.1) is 0 Å². The molecule has 0 aliphatic carbocycles. The largest absolute Gasteiger partial charge is 0.444 e. The zero-order valence-electron chi connectivity index (χ0n) is 11.7. The van der Waals surface area contributed by atoms with Crippen LogP contribution in [0.4, 0.5) is 4.79 Å². The Morgan fingerprint density at radius 2 is 2.06 bits per heavy atom. The number of nitrogens with one attached hydrogen (secondary N) is 1. The summed E-state index contributed by atoms with van der Waals surface area (Å²) in [6, 6.07) is 0.224. The molecule has 0 aromatic heterocycles. The maximum Gasteiger partial charge on any atom is 0.407 e. The summed E-state index contributed by atoms with van der Waals surface area (Å²) in [6.45, 7) is 8.54. The van der Waals surface area contributed by atoms with Crippen LogP contribution in [0.5, 0.6) is 0 Å². The number of piperidine rings is 1. The molecule has 0 bridgehead atoms. The normalized spacial score (nSPS) is 18.1. The summed E-state index contributed by atoms with van der Waals surface area (Å²) in [6.07, 6.45) is 7.65. The van der Waals surface area contributed by atoms with Gasteiger partial charge in [0, 0.05) is 32.1 Å². The second kappa shape index (κ2) is 6.65. The molecular formula is C14H24N2O2. The van der Waals surface area contributed by atoms with E-state index in [0.717, 1.165) is 38.9 Å². The van der Waals surface area contributed by atoms with E-state index >= 15 is 0 Å². The van der Waals surface area contributed by atoms with E-state index in [4.69, 9.17) is 11.2 Å². The van der Waals surface area contributed by atoms with Crippen LogP contribution in [0.25, 0.3) is 0 Å². The SMILES string of the molecule is C#CCCN1CCC(NC(=O)OC(C)(C)C)CC1. The lowest BCUT2D eigenvalue weighted by Crippen LogP contribution is -2.46. The molecule has 1 amide bonds. The van der Waals surface area contributed by atoms with Crippen molar-refractivity contribution in [1.29, 1.82) is 0 Å². The quantitative estimate of drug-likeness (QED) is 0.781. The molecule has 1 N–H and O–H groups in total. The lowest BCUT2D eigenvalue weighted by Gasteiger charge is -2.32. The third-order valence-electron chi connectivity index (χ3n) is 2.88. The fourth-order valence-corrected chi connectivity index (χ4v) is 2.00. The molecule has 0 saturated carbocycles. The Balaban J connectivity index is 2.23. The summed E-state index contributed by atoms with van der Waals surface area (Å²) < 4.78 is 5.24. The maximum absolute atomic E-state index is 11.6. The van der Waals surface area contributed by atoms with E-state index in [1.54, 1.807) is 0 Å². The van der Waals surface area contributed by atoms with Gasteiger partial charge in [-0.15, -0.1) is 12.3 Å². The van der Waals surface area contributed by atoms with Crippen LogP contribution in [0.2, 0.25) is 0 Å². The Labute approximate surface area is 110 Å². The Hall–Kier alpha value is -1.21. The molecule has 0 unspecified atom stereocenters. The first-order valence-electron chi connectivity index (χ1n) is 6.56. The first-order valence-corrected chi connectivity index (χ1v) is 6.56. The molecule has 1 fully saturated rings. The van der Waals surface area contributed by atoms with Gasteiger partial charge in [0.2, 0.25) is 0 Å². The van der Waals surface area contributed by atoms with Gasteiger partial charge >= 0.3 is 6.09 Å². The smallest absolute Gasteiger partial charge is 0.407 e. The van der Waals surface area contributed by atoms with Crippen LogP contribution in [0.15, 0.2) is 0 Å². The number of nitrogens with zero attached hydrogens (tertiary/aromatic N) is 1. The molecule has 1 rings (SSSR count). The topological polar surface area (TPSA) is 41.6 Å². The Kier molecular flexibility index (Phi) is 5.49. The molecule has 4 nitrogen and oxygen atoms in total. The number of carbonyl (C=O) groups is 1. The fraction of sp³-hybridized carbons (Fsp3) is 0.786. The second-order valence-corrected chi connectivity index (χ2v) is 5.72. The van der Waals surface area contributed by atoms with Crippen LogP contribution >= 0.6 is 0 Å². The number of rotatable bonds is 3. The number of amides is 1. The molecule has 0 radical (unpaired) electrons. The van der Waals surface area contributed by atoms with Crippen LogP contribution in [-0.2, 0) is 4.74 Å². The van der Waals surface area contributed by atoms with Crippen molar-refractivity contribution in [3.63, 3.8) is 0 Å². The van der Waals surface area contributed by atoms with Gasteiger partial charge in [-0.1, -0.05) is 0 Å². The van der Waals surface area contributed by atoms with Crippen molar-refractivity contribution >= 4 is 6.09 Å². The second-order valence-electron chi connectivity index (χ2n) is 5.72. The van der Waals surface area contributed by atoms with Gasteiger partial charge in [-0.2, -0.15) is 0 Å². The Bertz CT molecular complexity index is 307. The zero-order chi connectivity index (χ0) is 13.6. The highest BCUT2D eigenvalue weighted by atomic mass is 16.6. The van der Waals surface area contributed by atoms with Crippen molar-refractivity contribution in [3.05, 3.63) is 0 Å². The molecule has 0 atom stereocenters. The van der Waals surface area contributed by atoms with E-state index in [2.05, 4.69) is 16.1 Å². The number of ether oxygens (including phenoxy) is 1. The highest BCUT2D eigenvalue weighted by Gasteiger charge is 2.23. The molecule has 4 heteroatoms. The molecule has 0 aromatic rings. The number of hydrogen-bond acceptors (Lipinski definition) is 3. The maximum atomic E-state index is 11.6. The third kappa shape index (κ3) is 5.92. The predicted molar refractivity (Wildman–Crippen MR) is 72.3 cm³/mol. The minimum Gasteiger partial charge on any atom is -0.444 e. The van der Waals surface area contributed by atoms with Gasteiger partial charge in [0.1, 0.15) is 5.60 Å². The van der Waals surface area contributed by atoms with Crippen LogP contribution < -0.4 is 5.32 Å². The third-order valence-corrected chi connectivity index (χ3v) is 2.88. The molecule has 18 heavy (non-hydrogen) atoms. The van der Waals surface area contributed by atoms with Crippen LogP contribution in [-0.4, -0.2) is 42.3 Å². The number of carbonyl (C=O) groups excluding carboxylic acids is 1. The van der Waals surface area contributed by atoms with E-state index in [1.165, 1.54) is 0 Å². The van der Waals surface area contributed by atoms with Crippen molar-refractivity contribution < 1.29 is 9.53 Å². The summed E-state index contributed by atoms with van der Waals surface area (Å²) >= 11 is 0. The molecule has 1 saturated heterocycles. The van der Waals surface area contributed by atoms with Gasteiger partial charge in [-0.3, -0.25) is 0 Å². The van der Waals surface area contributed by atoms with Crippen LogP contribution in [0, 0.1) is 12.3 Å². The van der Waals surface area contributed by atoms with E-state index in [1.807, 2.05) is 20.8 Å². The van der Waals surface area contributed by atoms with Crippen LogP contribution in [0.3, 0.4) is 0 Å².